The summed E-state index contributed by atoms with van der Waals surface area (Å²) in [5.74, 6) is 0. The van der Waals surface area contributed by atoms with Crippen LogP contribution in [0, 0.1) is 11.3 Å². The van der Waals surface area contributed by atoms with E-state index >= 15 is 0 Å². The molecule has 0 N–H and O–H groups in total. The standard InChI is InChI=1S/C13H9N3O.ClH/c14-6-10-2-1-3-12-11(8-17-13(10)12)7-16-5-4-15-9-16;/h1-5,8-9H,7H2;1H. The fourth-order valence-corrected chi connectivity index (χ4v) is 1.90. The van der Waals surface area contributed by atoms with Crippen LogP contribution in [0.4, 0.5) is 0 Å². The van der Waals surface area contributed by atoms with Crippen molar-refractivity contribution in [3.8, 4) is 6.07 Å². The molecule has 0 saturated carbocycles. The minimum absolute atomic E-state index is 0. The van der Waals surface area contributed by atoms with Crippen LogP contribution in [-0.2, 0) is 6.54 Å². The molecule has 1 aromatic carbocycles. The molecule has 3 rings (SSSR count). The Hall–Kier alpha value is -2.25. The SMILES string of the molecule is Cl.N#Cc1cccc2c(Cn3ccnc3)coc12. The summed E-state index contributed by atoms with van der Waals surface area (Å²) in [5.41, 5.74) is 2.28. The van der Waals surface area contributed by atoms with Crippen LogP contribution in [0.3, 0.4) is 0 Å². The average molecular weight is 260 g/mol. The minimum Gasteiger partial charge on any atom is -0.463 e. The first-order valence-electron chi connectivity index (χ1n) is 5.23. The van der Waals surface area contributed by atoms with Crippen LogP contribution in [0.25, 0.3) is 11.0 Å². The zero-order valence-corrected chi connectivity index (χ0v) is 10.2. The Kier molecular flexibility index (Phi) is 3.35. The van der Waals surface area contributed by atoms with Gasteiger partial charge in [0.05, 0.1) is 24.7 Å². The highest BCUT2D eigenvalue weighted by molar-refractivity contribution is 5.86. The fraction of sp³-hybridized carbons (Fsp3) is 0.0769. The van der Waals surface area contributed by atoms with Crippen molar-refractivity contribution in [2.45, 2.75) is 6.54 Å². The molecule has 0 aliphatic rings. The molecule has 2 heterocycles. The van der Waals surface area contributed by atoms with E-state index in [-0.39, 0.29) is 12.4 Å². The molecule has 2 aromatic heterocycles. The summed E-state index contributed by atoms with van der Waals surface area (Å²) in [6.45, 7) is 0.696. The lowest BCUT2D eigenvalue weighted by Crippen LogP contribution is -1.94. The van der Waals surface area contributed by atoms with Crippen LogP contribution in [0.1, 0.15) is 11.1 Å². The van der Waals surface area contributed by atoms with Gasteiger partial charge in [-0.1, -0.05) is 12.1 Å². The summed E-state index contributed by atoms with van der Waals surface area (Å²) in [6.07, 6.45) is 7.09. The molecule has 0 radical (unpaired) electrons. The molecule has 0 spiro atoms. The molecular formula is C13H10ClN3O. The van der Waals surface area contributed by atoms with Gasteiger partial charge in [-0.15, -0.1) is 12.4 Å². The molecule has 3 aromatic rings. The van der Waals surface area contributed by atoms with Crippen molar-refractivity contribution in [2.75, 3.05) is 0 Å². The Morgan fingerprint density at radius 2 is 2.28 bits per heavy atom. The molecule has 4 nitrogen and oxygen atoms in total. The van der Waals surface area contributed by atoms with Gasteiger partial charge in [-0.05, 0) is 6.07 Å². The molecule has 5 heteroatoms. The lowest BCUT2D eigenvalue weighted by Gasteiger charge is -1.99. The van der Waals surface area contributed by atoms with Crippen LogP contribution in [0.5, 0.6) is 0 Å². The monoisotopic (exact) mass is 259 g/mol. The second kappa shape index (κ2) is 4.94. The Morgan fingerprint density at radius 3 is 3.00 bits per heavy atom. The Morgan fingerprint density at radius 1 is 1.39 bits per heavy atom. The van der Waals surface area contributed by atoms with Crippen molar-refractivity contribution in [3.63, 3.8) is 0 Å². The zero-order chi connectivity index (χ0) is 11.7. The topological polar surface area (TPSA) is 54.8 Å². The zero-order valence-electron chi connectivity index (χ0n) is 9.41. The smallest absolute Gasteiger partial charge is 0.151 e. The van der Waals surface area contributed by atoms with Crippen molar-refractivity contribution < 1.29 is 4.42 Å². The molecular weight excluding hydrogens is 250 g/mol. The van der Waals surface area contributed by atoms with Crippen LogP contribution in [-0.4, -0.2) is 9.55 Å². The first-order chi connectivity index (χ1) is 8.38. The summed E-state index contributed by atoms with van der Waals surface area (Å²) < 4.78 is 7.43. The normalized spacial score (nSPS) is 9.94. The number of benzene rings is 1. The highest BCUT2D eigenvalue weighted by Gasteiger charge is 2.09. The van der Waals surface area contributed by atoms with E-state index in [0.29, 0.717) is 17.7 Å². The molecule has 0 amide bonds. The molecule has 0 aliphatic carbocycles. The summed E-state index contributed by atoms with van der Waals surface area (Å²) in [6, 6.07) is 7.72. The van der Waals surface area contributed by atoms with E-state index in [1.54, 1.807) is 24.9 Å². The largest absolute Gasteiger partial charge is 0.463 e. The molecule has 0 bridgehead atoms. The minimum atomic E-state index is 0. The summed E-state index contributed by atoms with van der Waals surface area (Å²) in [4.78, 5) is 4.00. The second-order valence-electron chi connectivity index (χ2n) is 3.79. The maximum atomic E-state index is 8.98. The number of nitriles is 1. The summed E-state index contributed by atoms with van der Waals surface area (Å²) in [5, 5.41) is 9.96. The molecule has 18 heavy (non-hydrogen) atoms. The third kappa shape index (κ3) is 1.96. The summed E-state index contributed by atoms with van der Waals surface area (Å²) >= 11 is 0. The van der Waals surface area contributed by atoms with E-state index in [4.69, 9.17) is 9.68 Å². The maximum absolute atomic E-state index is 8.98. The highest BCUT2D eigenvalue weighted by atomic mass is 35.5. The summed E-state index contributed by atoms with van der Waals surface area (Å²) in [7, 11) is 0. The van der Waals surface area contributed by atoms with Gasteiger partial charge in [-0.2, -0.15) is 5.26 Å². The molecule has 0 aliphatic heterocycles. The lowest BCUT2D eigenvalue weighted by molar-refractivity contribution is 0.606. The van der Waals surface area contributed by atoms with Crippen LogP contribution in [0.15, 0.2) is 47.6 Å². The van der Waals surface area contributed by atoms with Gasteiger partial charge in [0.25, 0.3) is 0 Å². The van der Waals surface area contributed by atoms with E-state index in [1.165, 1.54) is 0 Å². The van der Waals surface area contributed by atoms with Gasteiger partial charge in [0.2, 0.25) is 0 Å². The van der Waals surface area contributed by atoms with Crippen LogP contribution < -0.4 is 0 Å². The van der Waals surface area contributed by atoms with E-state index in [9.17, 15) is 0 Å². The van der Waals surface area contributed by atoms with Crippen LogP contribution in [0.2, 0.25) is 0 Å². The quantitative estimate of drug-likeness (QED) is 0.711. The van der Waals surface area contributed by atoms with E-state index in [0.717, 1.165) is 10.9 Å². The van der Waals surface area contributed by atoms with Crippen molar-refractivity contribution in [1.82, 2.24) is 9.55 Å². The van der Waals surface area contributed by atoms with Gasteiger partial charge in [-0.3, -0.25) is 0 Å². The number of para-hydroxylation sites is 1. The van der Waals surface area contributed by atoms with Crippen molar-refractivity contribution >= 4 is 23.4 Å². The molecule has 0 fully saturated rings. The first-order valence-corrected chi connectivity index (χ1v) is 5.23. The number of aromatic nitrogens is 2. The first kappa shape index (κ1) is 12.2. The second-order valence-corrected chi connectivity index (χ2v) is 3.79. The van der Waals surface area contributed by atoms with Crippen molar-refractivity contribution in [3.05, 3.63) is 54.3 Å². The number of hydrogen-bond acceptors (Lipinski definition) is 3. The number of furan rings is 1. The Balaban J connectivity index is 0.00000120. The maximum Gasteiger partial charge on any atom is 0.151 e. The van der Waals surface area contributed by atoms with Gasteiger partial charge in [0, 0.05) is 23.3 Å². The van der Waals surface area contributed by atoms with E-state index < -0.39 is 0 Å². The predicted octanol–water partition coefficient (Wildman–Crippen LogP) is 2.97. The fourth-order valence-electron chi connectivity index (χ4n) is 1.90. The van der Waals surface area contributed by atoms with Gasteiger partial charge in [-0.25, -0.2) is 4.98 Å². The molecule has 0 unspecified atom stereocenters. The third-order valence-corrected chi connectivity index (χ3v) is 2.71. The predicted molar refractivity (Wildman–Crippen MR) is 69.5 cm³/mol. The third-order valence-electron chi connectivity index (χ3n) is 2.71. The van der Waals surface area contributed by atoms with Crippen molar-refractivity contribution in [1.29, 1.82) is 5.26 Å². The Bertz CT molecular complexity index is 695. The van der Waals surface area contributed by atoms with Crippen LogP contribution >= 0.6 is 12.4 Å². The number of fused-ring (bicyclic) bond motifs is 1. The number of hydrogen-bond donors (Lipinski definition) is 0. The van der Waals surface area contributed by atoms with Gasteiger partial charge in [0.1, 0.15) is 6.07 Å². The molecule has 0 atom stereocenters. The average Bonchev–Trinajstić information content (AvgIpc) is 2.99. The van der Waals surface area contributed by atoms with E-state index in [2.05, 4.69) is 11.1 Å². The number of halogens is 1. The van der Waals surface area contributed by atoms with Gasteiger partial charge in [0.15, 0.2) is 5.58 Å². The van der Waals surface area contributed by atoms with E-state index in [1.807, 2.05) is 22.9 Å². The lowest BCUT2D eigenvalue weighted by atomic mass is 10.1. The number of imidazole rings is 1. The molecule has 90 valence electrons. The highest BCUT2D eigenvalue weighted by Crippen LogP contribution is 2.24. The van der Waals surface area contributed by atoms with Gasteiger partial charge >= 0.3 is 0 Å². The van der Waals surface area contributed by atoms with Gasteiger partial charge < -0.3 is 8.98 Å². The number of nitrogens with zero attached hydrogens (tertiary/aromatic N) is 3. The number of rotatable bonds is 2. The Labute approximate surface area is 110 Å². The molecule has 0 saturated heterocycles. The van der Waals surface area contributed by atoms with Crippen molar-refractivity contribution in [2.24, 2.45) is 0 Å².